The molecule has 0 saturated heterocycles. The number of H-pyrrole nitrogens is 2. The van der Waals surface area contributed by atoms with Gasteiger partial charge in [0.1, 0.15) is 0 Å². The second-order valence-corrected chi connectivity index (χ2v) is 43.0. The number of halogens is 8. The molecular formula is C22H22I8N4S4. The topological polar surface area (TPSA) is 54.1 Å². The average Bonchev–Trinajstić information content (AvgIpc) is 2.98. The van der Waals surface area contributed by atoms with Gasteiger partial charge >= 0.3 is 101 Å². The Morgan fingerprint density at radius 3 is 1.21 bits per heavy atom. The van der Waals surface area contributed by atoms with E-state index < -0.39 is 0 Å². The van der Waals surface area contributed by atoms with Crippen molar-refractivity contribution in [2.75, 3.05) is 10.2 Å². The third-order valence-electron chi connectivity index (χ3n) is 3.48. The van der Waals surface area contributed by atoms with Crippen LogP contribution in [0.1, 0.15) is 0 Å². The van der Waals surface area contributed by atoms with Crippen LogP contribution in [0.3, 0.4) is 0 Å². The summed E-state index contributed by atoms with van der Waals surface area (Å²) in [5.41, 5.74) is 0. The van der Waals surface area contributed by atoms with Crippen molar-refractivity contribution in [1.29, 1.82) is 0 Å². The molecule has 0 unspecified atom stereocenters. The third-order valence-corrected chi connectivity index (χ3v) is 7.57. The van der Waals surface area contributed by atoms with E-state index in [2.05, 4.69) is 144 Å². The molecule has 0 fully saturated rings. The Hall–Kier alpha value is 3.84. The summed E-state index contributed by atoms with van der Waals surface area (Å²) in [4.78, 5) is 14.9. The predicted molar refractivity (Wildman–Crippen MR) is 212 cm³/mol. The number of rotatable bonds is 8. The van der Waals surface area contributed by atoms with Crippen LogP contribution in [-0.2, 0) is 0 Å². The molecule has 4 rings (SSSR count). The maximum Gasteiger partial charge on any atom is 0.239 e. The molecule has 2 N–H and O–H groups in total. The Balaban J connectivity index is 0.000000567. The van der Waals surface area contributed by atoms with Crippen LogP contribution in [0.25, 0.3) is 0 Å². The van der Waals surface area contributed by atoms with E-state index in [0.717, 1.165) is 20.2 Å². The minimum absolute atomic E-state index is 0.530. The minimum Gasteiger partial charge on any atom is -0.250 e. The Labute approximate surface area is 325 Å². The number of aromatic nitrogens is 4. The second-order valence-electron chi connectivity index (χ2n) is 5.71. The summed E-state index contributed by atoms with van der Waals surface area (Å²) < 4.78 is 0. The molecule has 0 aliphatic rings. The molecule has 0 bridgehead atoms. The van der Waals surface area contributed by atoms with Gasteiger partial charge in [0.25, 0.3) is 0 Å². The minimum atomic E-state index is 0.530. The number of thioether (sulfide) groups is 4. The monoisotopic (exact) mass is 1490 g/mol. The molecule has 0 aromatic carbocycles. The first-order valence-corrected chi connectivity index (χ1v) is 45.3. The predicted octanol–water partition coefficient (Wildman–Crippen LogP) is 4.80. The molecule has 0 spiro atoms. The number of hydrogen-bond acceptors (Lipinski definition) is 6. The van der Waals surface area contributed by atoms with Crippen molar-refractivity contribution in [2.24, 2.45) is 0 Å². The van der Waals surface area contributed by atoms with E-state index in [1.165, 1.54) is 10.1 Å². The Morgan fingerprint density at radius 2 is 0.921 bits per heavy atom. The smallest absolute Gasteiger partial charge is 0.239 e. The first-order valence-electron chi connectivity index (χ1n) is 9.88. The van der Waals surface area contributed by atoms with Gasteiger partial charge in [0.2, 0.25) is 10.1 Å². The summed E-state index contributed by atoms with van der Waals surface area (Å²) in [5.74, 6) is 0. The van der Waals surface area contributed by atoms with Crippen LogP contribution in [0, 0.1) is 0 Å². The van der Waals surface area contributed by atoms with Gasteiger partial charge in [0.05, 0.1) is 20.2 Å². The zero-order valence-electron chi connectivity index (χ0n) is 19.2. The fourth-order valence-corrected chi connectivity index (χ4v) is 5.83. The van der Waals surface area contributed by atoms with E-state index in [1.807, 2.05) is 85.5 Å². The molecule has 0 radical (unpaired) electrons. The number of hydrogen-bond donors (Lipinski definition) is 0. The van der Waals surface area contributed by atoms with E-state index in [4.69, 9.17) is 0 Å². The fraction of sp³-hybridized carbons (Fsp3) is 0.0909. The van der Waals surface area contributed by atoms with Crippen LogP contribution in [-0.4, -0.2) is 20.1 Å². The van der Waals surface area contributed by atoms with Crippen LogP contribution >= 0.6 is 159 Å². The summed E-state index contributed by atoms with van der Waals surface area (Å²) in [7, 11) is 0. The second kappa shape index (κ2) is 33.7. The molecule has 210 valence electrons. The maximum absolute atomic E-state index is 4.25. The van der Waals surface area contributed by atoms with Crippen molar-refractivity contribution in [1.82, 2.24) is 9.97 Å². The summed E-state index contributed by atoms with van der Waals surface area (Å²) in [6.07, 6.45) is 7.52. The SMILES string of the molecule is II.I[I-]I.I[I-]I.c1ccc(SCSc2cccc[nH+]2)nc1.c1ccc(SCSc2cccc[nH+]2)nc1. The zero-order chi connectivity index (χ0) is 28.1. The van der Waals surface area contributed by atoms with Gasteiger partial charge in [-0.25, -0.2) is 19.9 Å². The van der Waals surface area contributed by atoms with Gasteiger partial charge in [-0.05, 0) is 59.9 Å². The molecule has 38 heavy (non-hydrogen) atoms. The van der Waals surface area contributed by atoms with E-state index in [-0.39, 0.29) is 0 Å². The molecular weight excluding hydrogens is 1460 g/mol. The molecule has 4 aromatic heterocycles. The molecule has 4 aromatic rings. The van der Waals surface area contributed by atoms with Crippen LogP contribution < -0.4 is 36.5 Å². The van der Waals surface area contributed by atoms with E-state index in [9.17, 15) is 0 Å². The summed E-state index contributed by atoms with van der Waals surface area (Å²) in [5, 5.41) is 6.44. The molecule has 0 aliphatic heterocycles. The standard InChI is InChI=1S/2C11H10N2S2.2I3.I2/c2*1-3-7-12-10(5-1)14-9-15-11-6-2-4-8-13-11;2*1-3-2;1-2/h2*1-8H,9H2;;;/q;;2*-1;/p+2. The van der Waals surface area contributed by atoms with Gasteiger partial charge in [0.15, 0.2) is 12.4 Å². The van der Waals surface area contributed by atoms with E-state index in [0.29, 0.717) is 26.5 Å². The van der Waals surface area contributed by atoms with Crippen LogP contribution in [0.15, 0.2) is 118 Å². The normalized spacial score (nSPS) is 9.32. The van der Waals surface area contributed by atoms with Crippen LogP contribution in [0.5, 0.6) is 0 Å². The van der Waals surface area contributed by atoms with E-state index in [1.54, 1.807) is 47.0 Å². The number of nitrogens with zero attached hydrogens (tertiary/aromatic N) is 2. The van der Waals surface area contributed by atoms with Gasteiger partial charge in [-0.15, -0.1) is 0 Å². The first-order chi connectivity index (χ1) is 18.7. The van der Waals surface area contributed by atoms with Gasteiger partial charge in [-0.3, -0.25) is 0 Å². The quantitative estimate of drug-likeness (QED) is 0.144. The molecule has 4 heterocycles. The molecule has 0 atom stereocenters. The molecule has 0 saturated carbocycles. The van der Waals surface area contributed by atoms with Crippen molar-refractivity contribution >= 4 is 159 Å². The largest absolute Gasteiger partial charge is 0.250 e. The van der Waals surface area contributed by atoms with Gasteiger partial charge in [-0.1, -0.05) is 35.7 Å². The van der Waals surface area contributed by atoms with Crippen LogP contribution in [0.2, 0.25) is 0 Å². The fourth-order valence-electron chi connectivity index (χ4n) is 2.10. The maximum atomic E-state index is 4.25. The Bertz CT molecular complexity index is 843. The van der Waals surface area contributed by atoms with Gasteiger partial charge in [-0.2, -0.15) is 0 Å². The zero-order valence-corrected chi connectivity index (χ0v) is 39.7. The molecule has 0 amide bonds. The van der Waals surface area contributed by atoms with Crippen molar-refractivity contribution in [3.05, 3.63) is 97.6 Å². The molecule has 16 heteroatoms. The summed E-state index contributed by atoms with van der Waals surface area (Å²) in [6, 6.07) is 24.1. The van der Waals surface area contributed by atoms with Crippen molar-refractivity contribution < 1.29 is 36.5 Å². The summed E-state index contributed by atoms with van der Waals surface area (Å²) in [6.45, 7) is 0. The van der Waals surface area contributed by atoms with Crippen LogP contribution in [0.4, 0.5) is 0 Å². The van der Waals surface area contributed by atoms with Crippen molar-refractivity contribution in [3.8, 4) is 0 Å². The summed E-state index contributed by atoms with van der Waals surface area (Å²) >= 11 is 21.9. The average molecular weight is 1490 g/mol. The first kappa shape index (κ1) is 41.8. The van der Waals surface area contributed by atoms with Crippen molar-refractivity contribution in [3.63, 3.8) is 0 Å². The third kappa shape index (κ3) is 26.3. The Morgan fingerprint density at radius 1 is 0.553 bits per heavy atom. The number of nitrogens with one attached hydrogen (secondary N) is 2. The van der Waals surface area contributed by atoms with Gasteiger partial charge < -0.3 is 0 Å². The van der Waals surface area contributed by atoms with E-state index >= 15 is 0 Å². The number of aromatic amines is 2. The Kier molecular flexibility index (Phi) is 37.1. The molecule has 0 aliphatic carbocycles. The molecule has 4 nitrogen and oxygen atoms in total. The van der Waals surface area contributed by atoms with Crippen molar-refractivity contribution in [2.45, 2.75) is 20.1 Å². The van der Waals surface area contributed by atoms with Gasteiger partial charge in [0, 0.05) is 73.9 Å². The number of pyridine rings is 4.